The summed E-state index contributed by atoms with van der Waals surface area (Å²) in [5, 5.41) is 16.5. The summed E-state index contributed by atoms with van der Waals surface area (Å²) in [7, 11) is 0. The van der Waals surface area contributed by atoms with E-state index in [1.54, 1.807) is 6.20 Å². The van der Waals surface area contributed by atoms with Gasteiger partial charge in [-0.3, -0.25) is 9.48 Å². The van der Waals surface area contributed by atoms with Gasteiger partial charge in [0, 0.05) is 12.2 Å². The van der Waals surface area contributed by atoms with E-state index in [2.05, 4.69) is 17.3 Å². The molecule has 0 saturated carbocycles. The fourth-order valence-corrected chi connectivity index (χ4v) is 2.01. The van der Waals surface area contributed by atoms with Crippen LogP contribution in [0.5, 0.6) is 0 Å². The van der Waals surface area contributed by atoms with Crippen molar-refractivity contribution in [2.75, 3.05) is 6.61 Å². The highest BCUT2D eigenvalue weighted by Gasteiger charge is 2.20. The molecular weight excluding hydrogens is 242 g/mol. The average Bonchev–Trinajstić information content (AvgIpc) is 2.77. The molecule has 0 aliphatic carbocycles. The SMILES string of the molecule is CCCn1ncc(C(=O)N[C@H](CO)[C@@H](C)CC)c1C. The third-order valence-corrected chi connectivity index (χ3v) is 3.63. The first-order valence-corrected chi connectivity index (χ1v) is 6.99. The fourth-order valence-electron chi connectivity index (χ4n) is 2.01. The number of aliphatic hydroxyl groups is 1. The molecule has 1 aromatic rings. The number of amides is 1. The maximum Gasteiger partial charge on any atom is 0.255 e. The predicted molar refractivity (Wildman–Crippen MR) is 75.1 cm³/mol. The zero-order valence-electron chi connectivity index (χ0n) is 12.3. The minimum atomic E-state index is -0.202. The maximum atomic E-state index is 12.2. The lowest BCUT2D eigenvalue weighted by Crippen LogP contribution is -2.42. The van der Waals surface area contributed by atoms with E-state index in [0.29, 0.717) is 5.56 Å². The molecule has 0 aliphatic rings. The normalized spacial score (nSPS) is 14.2. The van der Waals surface area contributed by atoms with Gasteiger partial charge in [0.15, 0.2) is 0 Å². The quantitative estimate of drug-likeness (QED) is 0.790. The zero-order chi connectivity index (χ0) is 14.4. The molecule has 1 rings (SSSR count). The highest BCUT2D eigenvalue weighted by atomic mass is 16.3. The van der Waals surface area contributed by atoms with Crippen molar-refractivity contribution in [1.82, 2.24) is 15.1 Å². The molecule has 0 spiro atoms. The van der Waals surface area contributed by atoms with E-state index in [9.17, 15) is 9.90 Å². The molecule has 0 saturated heterocycles. The van der Waals surface area contributed by atoms with E-state index in [1.807, 2.05) is 25.5 Å². The molecular formula is C14H25N3O2. The predicted octanol–water partition coefficient (Wildman–Crippen LogP) is 1.74. The van der Waals surface area contributed by atoms with E-state index in [-0.39, 0.29) is 24.5 Å². The van der Waals surface area contributed by atoms with Gasteiger partial charge in [-0.15, -0.1) is 0 Å². The molecule has 19 heavy (non-hydrogen) atoms. The minimum Gasteiger partial charge on any atom is -0.394 e. The Labute approximate surface area is 115 Å². The van der Waals surface area contributed by atoms with Crippen LogP contribution in [0.25, 0.3) is 0 Å². The Hall–Kier alpha value is -1.36. The van der Waals surface area contributed by atoms with Gasteiger partial charge in [-0.1, -0.05) is 27.2 Å². The molecule has 0 unspecified atom stereocenters. The van der Waals surface area contributed by atoms with Crippen LogP contribution in [-0.2, 0) is 6.54 Å². The lowest BCUT2D eigenvalue weighted by atomic mass is 9.99. The largest absolute Gasteiger partial charge is 0.394 e. The van der Waals surface area contributed by atoms with Crippen molar-refractivity contribution < 1.29 is 9.90 Å². The van der Waals surface area contributed by atoms with Crippen molar-refractivity contribution in [3.05, 3.63) is 17.5 Å². The summed E-state index contributed by atoms with van der Waals surface area (Å²) in [6.45, 7) is 8.82. The van der Waals surface area contributed by atoms with Crippen LogP contribution in [0.3, 0.4) is 0 Å². The van der Waals surface area contributed by atoms with Gasteiger partial charge in [0.1, 0.15) is 0 Å². The molecule has 5 heteroatoms. The number of nitrogens with one attached hydrogen (secondary N) is 1. The minimum absolute atomic E-state index is 0.0388. The monoisotopic (exact) mass is 267 g/mol. The van der Waals surface area contributed by atoms with E-state index in [0.717, 1.165) is 25.1 Å². The Bertz CT molecular complexity index is 415. The van der Waals surface area contributed by atoms with Gasteiger partial charge in [-0.2, -0.15) is 5.10 Å². The fraction of sp³-hybridized carbons (Fsp3) is 0.714. The Balaban J connectivity index is 2.77. The van der Waals surface area contributed by atoms with Gasteiger partial charge in [-0.05, 0) is 19.3 Å². The first-order valence-electron chi connectivity index (χ1n) is 6.99. The second-order valence-corrected chi connectivity index (χ2v) is 5.01. The molecule has 0 aromatic carbocycles. The molecule has 1 amide bonds. The van der Waals surface area contributed by atoms with Crippen LogP contribution in [0.15, 0.2) is 6.20 Å². The summed E-state index contributed by atoms with van der Waals surface area (Å²) in [6.07, 6.45) is 3.50. The molecule has 0 radical (unpaired) electrons. The van der Waals surface area contributed by atoms with Crippen LogP contribution in [0.2, 0.25) is 0 Å². The zero-order valence-corrected chi connectivity index (χ0v) is 12.3. The molecule has 2 N–H and O–H groups in total. The summed E-state index contributed by atoms with van der Waals surface area (Å²) < 4.78 is 1.84. The Morgan fingerprint density at radius 2 is 2.21 bits per heavy atom. The van der Waals surface area contributed by atoms with Crippen molar-refractivity contribution in [2.24, 2.45) is 5.92 Å². The summed E-state index contributed by atoms with van der Waals surface area (Å²) >= 11 is 0. The molecule has 0 aliphatic heterocycles. The summed E-state index contributed by atoms with van der Waals surface area (Å²) in [4.78, 5) is 12.2. The van der Waals surface area contributed by atoms with Gasteiger partial charge >= 0.3 is 0 Å². The van der Waals surface area contributed by atoms with E-state index >= 15 is 0 Å². The van der Waals surface area contributed by atoms with Crippen LogP contribution in [0.1, 0.15) is 49.7 Å². The van der Waals surface area contributed by atoms with Crippen LogP contribution in [0, 0.1) is 12.8 Å². The van der Waals surface area contributed by atoms with E-state index in [4.69, 9.17) is 0 Å². The van der Waals surface area contributed by atoms with E-state index < -0.39 is 0 Å². The van der Waals surface area contributed by atoms with Gasteiger partial charge in [0.05, 0.1) is 24.4 Å². The number of aryl methyl sites for hydroxylation is 1. The number of nitrogens with zero attached hydrogens (tertiary/aromatic N) is 2. The third-order valence-electron chi connectivity index (χ3n) is 3.63. The summed E-state index contributed by atoms with van der Waals surface area (Å²) in [5.41, 5.74) is 1.47. The second kappa shape index (κ2) is 7.28. The number of aliphatic hydroxyl groups excluding tert-OH is 1. The van der Waals surface area contributed by atoms with Crippen LogP contribution >= 0.6 is 0 Å². The summed E-state index contributed by atoms with van der Waals surface area (Å²) in [5.74, 6) is 0.0964. The lowest BCUT2D eigenvalue weighted by Gasteiger charge is -2.22. The number of carbonyl (C=O) groups is 1. The smallest absolute Gasteiger partial charge is 0.255 e. The molecule has 1 heterocycles. The van der Waals surface area contributed by atoms with E-state index in [1.165, 1.54) is 0 Å². The Morgan fingerprint density at radius 1 is 1.53 bits per heavy atom. The van der Waals surface area contributed by atoms with Crippen LogP contribution < -0.4 is 5.32 Å². The topological polar surface area (TPSA) is 67.2 Å². The van der Waals surface area contributed by atoms with Gasteiger partial charge in [-0.25, -0.2) is 0 Å². The molecule has 2 atom stereocenters. The number of hydrogen-bond donors (Lipinski definition) is 2. The summed E-state index contributed by atoms with van der Waals surface area (Å²) in [6, 6.07) is -0.202. The first kappa shape index (κ1) is 15.7. The first-order chi connectivity index (χ1) is 9.04. The maximum absolute atomic E-state index is 12.2. The molecule has 5 nitrogen and oxygen atoms in total. The molecule has 1 aromatic heterocycles. The van der Waals surface area contributed by atoms with Crippen molar-refractivity contribution in [3.63, 3.8) is 0 Å². The average molecular weight is 267 g/mol. The Morgan fingerprint density at radius 3 is 2.74 bits per heavy atom. The van der Waals surface area contributed by atoms with Crippen molar-refractivity contribution >= 4 is 5.91 Å². The number of hydrogen-bond acceptors (Lipinski definition) is 3. The van der Waals surface area contributed by atoms with Gasteiger partial charge < -0.3 is 10.4 Å². The highest BCUT2D eigenvalue weighted by molar-refractivity contribution is 5.95. The van der Waals surface area contributed by atoms with Crippen LogP contribution in [-0.4, -0.2) is 33.4 Å². The number of rotatable bonds is 7. The van der Waals surface area contributed by atoms with Crippen LogP contribution in [0.4, 0.5) is 0 Å². The molecule has 0 bridgehead atoms. The van der Waals surface area contributed by atoms with Gasteiger partial charge in [0.2, 0.25) is 0 Å². The van der Waals surface area contributed by atoms with Crippen molar-refractivity contribution in [1.29, 1.82) is 0 Å². The molecule has 108 valence electrons. The number of carbonyl (C=O) groups excluding carboxylic acids is 1. The van der Waals surface area contributed by atoms with Crippen molar-refractivity contribution in [3.8, 4) is 0 Å². The Kier molecular flexibility index (Phi) is 6.02. The van der Waals surface area contributed by atoms with Crippen molar-refractivity contribution in [2.45, 2.75) is 53.1 Å². The van der Waals surface area contributed by atoms with Gasteiger partial charge in [0.25, 0.3) is 5.91 Å². The standard InChI is InChI=1S/C14H25N3O2/c1-5-7-17-11(4)12(8-15-17)14(19)16-13(9-18)10(3)6-2/h8,10,13,18H,5-7,9H2,1-4H3,(H,16,19)/t10-,13+/m0/s1. The highest BCUT2D eigenvalue weighted by Crippen LogP contribution is 2.11. The second-order valence-electron chi connectivity index (χ2n) is 5.01. The molecule has 0 fully saturated rings. The lowest BCUT2D eigenvalue weighted by molar-refractivity contribution is 0.0890. The third kappa shape index (κ3) is 3.80. The number of aromatic nitrogens is 2.